The van der Waals surface area contributed by atoms with Gasteiger partial charge in [-0.2, -0.15) is 0 Å². The van der Waals surface area contributed by atoms with E-state index in [4.69, 9.17) is 25.8 Å². The van der Waals surface area contributed by atoms with Crippen molar-refractivity contribution >= 4 is 29.2 Å². The van der Waals surface area contributed by atoms with Crippen LogP contribution in [0.25, 0.3) is 11.3 Å². The van der Waals surface area contributed by atoms with Crippen LogP contribution in [0.4, 0.5) is 5.69 Å². The second kappa shape index (κ2) is 9.14. The Kier molecular flexibility index (Phi) is 6.89. The molecule has 2 rings (SSSR count). The van der Waals surface area contributed by atoms with Gasteiger partial charge in [0.2, 0.25) is 0 Å². The number of nitro groups is 1. The number of methoxy groups -OCH3 is 1. The summed E-state index contributed by atoms with van der Waals surface area (Å²) >= 11 is 6.13. The van der Waals surface area contributed by atoms with Gasteiger partial charge < -0.3 is 14.2 Å². The van der Waals surface area contributed by atoms with Gasteiger partial charge in [-0.3, -0.25) is 10.1 Å². The summed E-state index contributed by atoms with van der Waals surface area (Å²) in [5.74, 6) is -1.56. The molecule has 0 N–H and O–H groups in total. The monoisotopic (exact) mass is 408 g/mol. The van der Waals surface area contributed by atoms with Crippen molar-refractivity contribution in [1.82, 2.24) is 4.98 Å². The summed E-state index contributed by atoms with van der Waals surface area (Å²) in [5, 5.41) is 11.4. The summed E-state index contributed by atoms with van der Waals surface area (Å²) < 4.78 is 14.9. The highest BCUT2D eigenvalue weighted by molar-refractivity contribution is 6.34. The standard InChI is InChI=1S/C18H17ClN2O7/c1-4-27-17(22)12-13(18(23)28-5-2)16(19)20-14(15(12)21(24)25)10-6-8-11(26-3)9-7-10/h6-9H,4-5H2,1-3H3. The van der Waals surface area contributed by atoms with E-state index in [2.05, 4.69) is 4.98 Å². The van der Waals surface area contributed by atoms with Crippen molar-refractivity contribution in [1.29, 1.82) is 0 Å². The highest BCUT2D eigenvalue weighted by Crippen LogP contribution is 2.37. The molecule has 2 aromatic rings. The van der Waals surface area contributed by atoms with E-state index < -0.39 is 38.8 Å². The molecule has 0 saturated heterocycles. The third kappa shape index (κ3) is 4.20. The topological polar surface area (TPSA) is 118 Å². The van der Waals surface area contributed by atoms with Crippen LogP contribution in [0.5, 0.6) is 5.75 Å². The number of rotatable bonds is 7. The number of nitrogens with zero attached hydrogens (tertiary/aromatic N) is 2. The van der Waals surface area contributed by atoms with Crippen molar-refractivity contribution in [2.75, 3.05) is 20.3 Å². The first-order chi connectivity index (χ1) is 13.3. The Hall–Kier alpha value is -3.20. The van der Waals surface area contributed by atoms with Gasteiger partial charge in [0.15, 0.2) is 11.3 Å². The number of pyridine rings is 1. The van der Waals surface area contributed by atoms with Gasteiger partial charge in [-0.25, -0.2) is 14.6 Å². The number of hydrogen-bond donors (Lipinski definition) is 0. The van der Waals surface area contributed by atoms with Crippen molar-refractivity contribution in [3.05, 3.63) is 50.7 Å². The molecule has 0 aliphatic carbocycles. The number of esters is 2. The van der Waals surface area contributed by atoms with Crippen LogP contribution < -0.4 is 4.74 Å². The van der Waals surface area contributed by atoms with E-state index in [1.54, 1.807) is 19.1 Å². The molecule has 1 aromatic heterocycles. The van der Waals surface area contributed by atoms with Crippen molar-refractivity contribution in [3.63, 3.8) is 0 Å². The molecule has 0 saturated carbocycles. The molecule has 9 nitrogen and oxygen atoms in total. The van der Waals surface area contributed by atoms with Crippen LogP contribution in [0.2, 0.25) is 5.15 Å². The molecule has 0 unspecified atom stereocenters. The fraction of sp³-hybridized carbons (Fsp3) is 0.278. The van der Waals surface area contributed by atoms with Crippen LogP contribution in [0, 0.1) is 10.1 Å². The highest BCUT2D eigenvalue weighted by Gasteiger charge is 2.36. The van der Waals surface area contributed by atoms with Crippen molar-refractivity contribution in [3.8, 4) is 17.0 Å². The fourth-order valence-electron chi connectivity index (χ4n) is 2.47. The van der Waals surface area contributed by atoms with Crippen LogP contribution in [0.1, 0.15) is 34.6 Å². The van der Waals surface area contributed by atoms with E-state index in [9.17, 15) is 19.7 Å². The van der Waals surface area contributed by atoms with Gasteiger partial charge in [0.1, 0.15) is 16.5 Å². The first-order valence-corrected chi connectivity index (χ1v) is 8.59. The van der Waals surface area contributed by atoms with Gasteiger partial charge in [0.05, 0.1) is 25.2 Å². The molecule has 1 heterocycles. The zero-order valence-corrected chi connectivity index (χ0v) is 16.1. The van der Waals surface area contributed by atoms with E-state index in [0.717, 1.165) is 0 Å². The molecule has 0 radical (unpaired) electrons. The Morgan fingerprint density at radius 2 is 1.61 bits per heavy atom. The van der Waals surface area contributed by atoms with Crippen molar-refractivity contribution in [2.24, 2.45) is 0 Å². The lowest BCUT2D eigenvalue weighted by Gasteiger charge is -2.13. The average molecular weight is 409 g/mol. The Balaban J connectivity index is 2.85. The van der Waals surface area contributed by atoms with Crippen LogP contribution in [-0.4, -0.2) is 42.2 Å². The van der Waals surface area contributed by atoms with Crippen molar-refractivity contribution < 1.29 is 28.7 Å². The maximum Gasteiger partial charge on any atom is 0.346 e. The minimum Gasteiger partial charge on any atom is -0.497 e. The normalized spacial score (nSPS) is 10.3. The number of ether oxygens (including phenoxy) is 3. The summed E-state index contributed by atoms with van der Waals surface area (Å²) in [7, 11) is 1.47. The first-order valence-electron chi connectivity index (χ1n) is 8.22. The van der Waals surface area contributed by atoms with Crippen molar-refractivity contribution in [2.45, 2.75) is 13.8 Å². The lowest BCUT2D eigenvalue weighted by molar-refractivity contribution is -0.384. The van der Waals surface area contributed by atoms with E-state index in [1.165, 1.54) is 26.2 Å². The molecule has 0 spiro atoms. The summed E-state index contributed by atoms with van der Waals surface area (Å²) in [4.78, 5) is 39.8. The van der Waals surface area contributed by atoms with Gasteiger partial charge in [-0.15, -0.1) is 0 Å². The van der Waals surface area contributed by atoms with Gasteiger partial charge in [0, 0.05) is 5.56 Å². The predicted octanol–water partition coefficient (Wildman–Crippen LogP) is 3.67. The predicted molar refractivity (Wildman–Crippen MR) is 99.8 cm³/mol. The van der Waals surface area contributed by atoms with Gasteiger partial charge >= 0.3 is 17.6 Å². The summed E-state index contributed by atoms with van der Waals surface area (Å²) in [6.45, 7) is 2.99. The third-order valence-electron chi connectivity index (χ3n) is 3.63. The smallest absolute Gasteiger partial charge is 0.346 e. The van der Waals surface area contributed by atoms with Gasteiger partial charge in [0.25, 0.3) is 0 Å². The molecule has 0 aliphatic heterocycles. The second-order valence-corrected chi connectivity index (χ2v) is 5.63. The number of hydrogen-bond acceptors (Lipinski definition) is 8. The minimum absolute atomic E-state index is 0.0224. The zero-order chi connectivity index (χ0) is 20.8. The van der Waals surface area contributed by atoms with Crippen LogP contribution in [0.15, 0.2) is 24.3 Å². The molecule has 0 fully saturated rings. The number of aromatic nitrogens is 1. The van der Waals surface area contributed by atoms with Gasteiger partial charge in [-0.05, 0) is 38.1 Å². The lowest BCUT2D eigenvalue weighted by atomic mass is 10.0. The molecule has 1 aromatic carbocycles. The first kappa shape index (κ1) is 21.1. The largest absolute Gasteiger partial charge is 0.497 e. The maximum atomic E-state index is 12.5. The zero-order valence-electron chi connectivity index (χ0n) is 15.4. The van der Waals surface area contributed by atoms with Crippen LogP contribution in [0.3, 0.4) is 0 Å². The summed E-state index contributed by atoms with van der Waals surface area (Å²) in [5.41, 5.74) is -1.69. The molecular formula is C18H17ClN2O7. The SMILES string of the molecule is CCOC(=O)c1c(Cl)nc(-c2ccc(OC)cc2)c([N+](=O)[O-])c1C(=O)OCC. The molecule has 0 atom stereocenters. The number of benzene rings is 1. The van der Waals surface area contributed by atoms with E-state index in [0.29, 0.717) is 11.3 Å². The average Bonchev–Trinajstić information content (AvgIpc) is 2.67. The van der Waals surface area contributed by atoms with Crippen LogP contribution in [-0.2, 0) is 9.47 Å². The Bertz CT molecular complexity index is 913. The third-order valence-corrected chi connectivity index (χ3v) is 3.91. The number of carbonyl (C=O) groups excluding carboxylic acids is 2. The molecule has 0 amide bonds. The molecule has 148 valence electrons. The summed E-state index contributed by atoms with van der Waals surface area (Å²) in [6.07, 6.45) is 0. The molecule has 10 heteroatoms. The lowest BCUT2D eigenvalue weighted by Crippen LogP contribution is -2.18. The van der Waals surface area contributed by atoms with E-state index in [-0.39, 0.29) is 18.9 Å². The van der Waals surface area contributed by atoms with E-state index in [1.807, 2.05) is 0 Å². The number of halogens is 1. The fourth-order valence-corrected chi connectivity index (χ4v) is 2.72. The Morgan fingerprint density at radius 3 is 2.07 bits per heavy atom. The number of carbonyl (C=O) groups is 2. The molecule has 0 bridgehead atoms. The van der Waals surface area contributed by atoms with E-state index >= 15 is 0 Å². The molecule has 28 heavy (non-hydrogen) atoms. The minimum atomic E-state index is -1.07. The van der Waals surface area contributed by atoms with Gasteiger partial charge in [-0.1, -0.05) is 11.6 Å². The molecular weight excluding hydrogens is 392 g/mol. The summed E-state index contributed by atoms with van der Waals surface area (Å²) in [6, 6.07) is 6.17. The van der Waals surface area contributed by atoms with Crippen LogP contribution >= 0.6 is 11.6 Å². The second-order valence-electron chi connectivity index (χ2n) is 5.28. The maximum absolute atomic E-state index is 12.5. The highest BCUT2D eigenvalue weighted by atomic mass is 35.5. The Morgan fingerprint density at radius 1 is 1.07 bits per heavy atom. The molecule has 0 aliphatic rings. The quantitative estimate of drug-likeness (QED) is 0.294. The Labute approximate surface area is 165 Å².